The fourth-order valence-electron chi connectivity index (χ4n) is 3.59. The average Bonchev–Trinajstić information content (AvgIpc) is 2.62. The maximum Gasteiger partial charge on any atom is 0.271 e. The molecule has 1 amide bonds. The number of hydrazone groups is 1. The summed E-state index contributed by atoms with van der Waals surface area (Å²) in [7, 11) is 0. The zero-order chi connectivity index (χ0) is 19.6. The molecule has 2 aromatic carbocycles. The fraction of sp³-hybridized carbons (Fsp3) is 0.273. The Balaban J connectivity index is 1.77. The predicted octanol–water partition coefficient (Wildman–Crippen LogP) is 4.61. The van der Waals surface area contributed by atoms with Crippen LogP contribution in [0.3, 0.4) is 0 Å². The number of amides is 1. The van der Waals surface area contributed by atoms with Crippen molar-refractivity contribution in [2.75, 3.05) is 11.4 Å². The molecule has 0 bridgehead atoms. The first kappa shape index (κ1) is 18.8. The summed E-state index contributed by atoms with van der Waals surface area (Å²) in [5.74, 6) is -0.754. The number of anilines is 1. The lowest BCUT2D eigenvalue weighted by Crippen LogP contribution is -2.44. The highest BCUT2D eigenvalue weighted by molar-refractivity contribution is 5.95. The van der Waals surface area contributed by atoms with Gasteiger partial charge in [-0.05, 0) is 75.2 Å². The van der Waals surface area contributed by atoms with Crippen molar-refractivity contribution in [2.24, 2.45) is 5.10 Å². The number of carbonyl (C=O) groups excluding carboxylic acids is 1. The number of fused-ring (bicyclic) bond motifs is 1. The van der Waals surface area contributed by atoms with Gasteiger partial charge in [0.05, 0.1) is 11.8 Å². The van der Waals surface area contributed by atoms with Crippen LogP contribution in [-0.4, -0.2) is 24.2 Å². The molecule has 0 aromatic heterocycles. The summed E-state index contributed by atoms with van der Waals surface area (Å²) >= 11 is 0. The van der Waals surface area contributed by atoms with Crippen LogP contribution in [0.25, 0.3) is 5.57 Å². The van der Waals surface area contributed by atoms with Crippen LogP contribution in [0.15, 0.2) is 53.6 Å². The zero-order valence-electron chi connectivity index (χ0n) is 16.1. The Bertz CT molecular complexity index is 914. The number of allylic oxidation sites excluding steroid dienone is 1. The molecule has 0 saturated carbocycles. The van der Waals surface area contributed by atoms with Crippen molar-refractivity contribution in [2.45, 2.75) is 33.2 Å². The minimum absolute atomic E-state index is 0.0232. The van der Waals surface area contributed by atoms with E-state index in [2.05, 4.69) is 61.3 Å². The monoisotopic (exact) mass is 365 g/mol. The molecular formula is C22H24FN3O. The van der Waals surface area contributed by atoms with Crippen molar-refractivity contribution in [1.29, 1.82) is 0 Å². The molecule has 0 fully saturated rings. The van der Waals surface area contributed by atoms with E-state index in [-0.39, 0.29) is 17.3 Å². The first-order valence-electron chi connectivity index (χ1n) is 9.02. The molecule has 1 heterocycles. The third-order valence-corrected chi connectivity index (χ3v) is 4.80. The van der Waals surface area contributed by atoms with E-state index in [1.807, 2.05) is 6.07 Å². The summed E-state index contributed by atoms with van der Waals surface area (Å²) in [5, 5.41) is 4.03. The van der Waals surface area contributed by atoms with E-state index < -0.39 is 0 Å². The van der Waals surface area contributed by atoms with E-state index in [9.17, 15) is 9.18 Å². The van der Waals surface area contributed by atoms with Crippen molar-refractivity contribution in [3.8, 4) is 0 Å². The Kier molecular flexibility index (Phi) is 5.13. The summed E-state index contributed by atoms with van der Waals surface area (Å²) in [6.07, 6.45) is 3.89. The molecule has 0 spiro atoms. The van der Waals surface area contributed by atoms with Crippen LogP contribution in [0.5, 0.6) is 0 Å². The first-order valence-corrected chi connectivity index (χ1v) is 9.02. The highest BCUT2D eigenvalue weighted by Crippen LogP contribution is 2.38. The molecule has 1 N–H and O–H groups in total. The Morgan fingerprint density at radius 2 is 1.93 bits per heavy atom. The molecule has 140 valence electrons. The Morgan fingerprint density at radius 3 is 2.59 bits per heavy atom. The first-order chi connectivity index (χ1) is 12.8. The van der Waals surface area contributed by atoms with E-state index in [1.165, 1.54) is 41.1 Å². The molecule has 5 heteroatoms. The van der Waals surface area contributed by atoms with Crippen molar-refractivity contribution in [1.82, 2.24) is 5.43 Å². The molecule has 0 aliphatic carbocycles. The van der Waals surface area contributed by atoms with Gasteiger partial charge >= 0.3 is 0 Å². The Labute approximate surface area is 159 Å². The van der Waals surface area contributed by atoms with E-state index in [0.717, 1.165) is 12.1 Å². The molecule has 4 nitrogen and oxygen atoms in total. The minimum atomic E-state index is -0.378. The Morgan fingerprint density at radius 1 is 1.22 bits per heavy atom. The quantitative estimate of drug-likeness (QED) is 0.635. The molecule has 0 saturated heterocycles. The second-order valence-electron chi connectivity index (χ2n) is 7.21. The van der Waals surface area contributed by atoms with Gasteiger partial charge in [-0.2, -0.15) is 5.10 Å². The van der Waals surface area contributed by atoms with Gasteiger partial charge in [-0.3, -0.25) is 4.79 Å². The number of rotatable bonds is 4. The van der Waals surface area contributed by atoms with E-state index >= 15 is 0 Å². The Hall–Kier alpha value is -2.95. The fourth-order valence-corrected chi connectivity index (χ4v) is 3.59. The van der Waals surface area contributed by atoms with Gasteiger partial charge in [-0.15, -0.1) is 0 Å². The zero-order valence-corrected chi connectivity index (χ0v) is 16.1. The summed E-state index contributed by atoms with van der Waals surface area (Å²) in [6.45, 7) is 9.61. The number of nitrogens with one attached hydrogen (secondary N) is 1. The van der Waals surface area contributed by atoms with Crippen LogP contribution in [0.4, 0.5) is 10.1 Å². The normalized spacial score (nSPS) is 15.4. The van der Waals surface area contributed by atoms with Gasteiger partial charge in [-0.25, -0.2) is 9.82 Å². The lowest BCUT2D eigenvalue weighted by Gasteiger charge is -2.42. The highest BCUT2D eigenvalue weighted by atomic mass is 19.1. The number of benzene rings is 2. The molecular weight excluding hydrogens is 341 g/mol. The summed E-state index contributed by atoms with van der Waals surface area (Å²) in [6, 6.07) is 11.5. The molecule has 0 radical (unpaired) electrons. The highest BCUT2D eigenvalue weighted by Gasteiger charge is 2.29. The van der Waals surface area contributed by atoms with Crippen molar-refractivity contribution < 1.29 is 9.18 Å². The number of hydrogen-bond donors (Lipinski definition) is 1. The largest absolute Gasteiger partial charge is 0.363 e. The summed E-state index contributed by atoms with van der Waals surface area (Å²) in [4.78, 5) is 14.4. The number of hydrogen-bond acceptors (Lipinski definition) is 3. The number of carbonyl (C=O) groups is 1. The average molecular weight is 365 g/mol. The molecule has 27 heavy (non-hydrogen) atoms. The third kappa shape index (κ3) is 3.92. The standard InChI is InChI=1S/C22H24FN3O/c1-5-26-20-11-6-16(12-19(20)15(2)13-22(26,3)4)14-24-25-21(27)17-7-9-18(23)10-8-17/h6-14H,5H2,1-4H3,(H,25,27)/b24-14+. The van der Waals surface area contributed by atoms with Gasteiger partial charge in [0, 0.05) is 23.4 Å². The van der Waals surface area contributed by atoms with E-state index in [0.29, 0.717) is 5.56 Å². The predicted molar refractivity (Wildman–Crippen MR) is 109 cm³/mol. The number of halogens is 1. The third-order valence-electron chi connectivity index (χ3n) is 4.80. The van der Waals surface area contributed by atoms with Crippen molar-refractivity contribution in [3.05, 3.63) is 71.0 Å². The van der Waals surface area contributed by atoms with Crippen LogP contribution in [0.1, 0.15) is 49.2 Å². The lowest BCUT2D eigenvalue weighted by molar-refractivity contribution is 0.0955. The van der Waals surface area contributed by atoms with Gasteiger partial charge in [0.2, 0.25) is 0 Å². The van der Waals surface area contributed by atoms with Crippen LogP contribution in [0.2, 0.25) is 0 Å². The number of likely N-dealkylation sites (N-methyl/N-ethyl adjacent to an activating group) is 1. The topological polar surface area (TPSA) is 44.7 Å². The van der Waals surface area contributed by atoms with Gasteiger partial charge < -0.3 is 4.90 Å². The second-order valence-corrected chi connectivity index (χ2v) is 7.21. The van der Waals surface area contributed by atoms with Gasteiger partial charge in [0.1, 0.15) is 5.82 Å². The molecule has 1 aliphatic rings. The van der Waals surface area contributed by atoms with Crippen LogP contribution < -0.4 is 10.3 Å². The maximum atomic E-state index is 12.9. The molecule has 0 atom stereocenters. The minimum Gasteiger partial charge on any atom is -0.363 e. The van der Waals surface area contributed by atoms with Gasteiger partial charge in [-0.1, -0.05) is 12.1 Å². The van der Waals surface area contributed by atoms with Crippen LogP contribution in [-0.2, 0) is 0 Å². The van der Waals surface area contributed by atoms with Crippen molar-refractivity contribution >= 4 is 23.4 Å². The molecule has 1 aliphatic heterocycles. The van der Waals surface area contributed by atoms with Gasteiger partial charge in [0.15, 0.2) is 0 Å². The van der Waals surface area contributed by atoms with Crippen molar-refractivity contribution in [3.63, 3.8) is 0 Å². The second kappa shape index (κ2) is 7.35. The SMILES string of the molecule is CCN1c2ccc(/C=N/NC(=O)c3ccc(F)cc3)cc2C(C)=CC1(C)C. The molecule has 2 aromatic rings. The number of nitrogens with zero attached hydrogens (tertiary/aromatic N) is 2. The van der Waals surface area contributed by atoms with E-state index in [4.69, 9.17) is 0 Å². The summed E-state index contributed by atoms with van der Waals surface area (Å²) in [5.41, 5.74) is 7.31. The van der Waals surface area contributed by atoms with Crippen LogP contribution in [0, 0.1) is 5.82 Å². The van der Waals surface area contributed by atoms with E-state index in [1.54, 1.807) is 6.21 Å². The van der Waals surface area contributed by atoms with Gasteiger partial charge in [0.25, 0.3) is 5.91 Å². The lowest BCUT2D eigenvalue weighted by atomic mass is 9.88. The maximum absolute atomic E-state index is 12.9. The molecule has 3 rings (SSSR count). The molecule has 0 unspecified atom stereocenters. The summed E-state index contributed by atoms with van der Waals surface area (Å²) < 4.78 is 12.9. The van der Waals surface area contributed by atoms with Crippen LogP contribution >= 0.6 is 0 Å². The smallest absolute Gasteiger partial charge is 0.271 e.